The molecule has 0 aliphatic carbocycles. The molecule has 0 N–H and O–H groups in total. The largest absolute Gasteiger partial charge is 0.445 e. The highest BCUT2D eigenvalue weighted by Gasteiger charge is 2.24. The third kappa shape index (κ3) is 4.40. The van der Waals surface area contributed by atoms with Crippen molar-refractivity contribution in [2.24, 2.45) is 0 Å². The summed E-state index contributed by atoms with van der Waals surface area (Å²) < 4.78 is 10.8. The highest BCUT2D eigenvalue weighted by Crippen LogP contribution is 2.11. The predicted octanol–water partition coefficient (Wildman–Crippen LogP) is 2.65. The number of nitrogens with zero attached hydrogens (tertiary/aromatic N) is 1. The number of carbonyl (C=O) groups is 1. The van der Waals surface area contributed by atoms with Crippen LogP contribution in [-0.4, -0.2) is 42.7 Å². The summed E-state index contributed by atoms with van der Waals surface area (Å²) in [6, 6.07) is 9.65. The minimum absolute atomic E-state index is 0.0236. The molecule has 4 nitrogen and oxygen atoms in total. The molecule has 5 heteroatoms. The van der Waals surface area contributed by atoms with Gasteiger partial charge in [0.15, 0.2) is 0 Å². The first-order valence-corrected chi connectivity index (χ1v) is 6.96. The summed E-state index contributed by atoms with van der Waals surface area (Å²) in [6.45, 7) is 1.98. The molecule has 0 aromatic heterocycles. The predicted molar refractivity (Wildman–Crippen MR) is 73.3 cm³/mol. The SMILES string of the molecule is O=C(OCc1ccccc1)N1CCOC(CCCl)C1. The first-order chi connectivity index (χ1) is 9.29. The maximum atomic E-state index is 11.9. The maximum Gasteiger partial charge on any atom is 0.410 e. The standard InChI is InChI=1S/C14H18ClNO3/c15-7-6-13-10-16(8-9-18-13)14(17)19-11-12-4-2-1-3-5-12/h1-5,13H,6-11H2. The lowest BCUT2D eigenvalue weighted by Crippen LogP contribution is -2.45. The van der Waals surface area contributed by atoms with Crippen molar-refractivity contribution in [3.8, 4) is 0 Å². The molecule has 0 spiro atoms. The van der Waals surface area contributed by atoms with Crippen LogP contribution in [0.2, 0.25) is 0 Å². The van der Waals surface area contributed by atoms with Gasteiger partial charge in [-0.2, -0.15) is 0 Å². The zero-order valence-electron chi connectivity index (χ0n) is 10.8. The van der Waals surface area contributed by atoms with Gasteiger partial charge in [-0.3, -0.25) is 0 Å². The fraction of sp³-hybridized carbons (Fsp3) is 0.500. The molecular weight excluding hydrogens is 266 g/mol. The van der Waals surface area contributed by atoms with Gasteiger partial charge in [-0.05, 0) is 12.0 Å². The monoisotopic (exact) mass is 283 g/mol. The van der Waals surface area contributed by atoms with E-state index in [1.165, 1.54) is 0 Å². The Morgan fingerprint density at radius 1 is 1.42 bits per heavy atom. The zero-order valence-corrected chi connectivity index (χ0v) is 11.5. The minimum Gasteiger partial charge on any atom is -0.445 e. The summed E-state index contributed by atoms with van der Waals surface area (Å²) in [4.78, 5) is 13.6. The van der Waals surface area contributed by atoms with Gasteiger partial charge < -0.3 is 14.4 Å². The molecule has 0 radical (unpaired) electrons. The van der Waals surface area contributed by atoms with Crippen LogP contribution in [0, 0.1) is 0 Å². The number of hydrogen-bond acceptors (Lipinski definition) is 3. The van der Waals surface area contributed by atoms with Gasteiger partial charge in [-0.15, -0.1) is 11.6 Å². The Bertz CT molecular complexity index is 397. The van der Waals surface area contributed by atoms with Gasteiger partial charge in [0.25, 0.3) is 0 Å². The molecule has 0 bridgehead atoms. The summed E-state index contributed by atoms with van der Waals surface area (Å²) >= 11 is 5.69. The number of benzene rings is 1. The van der Waals surface area contributed by atoms with Crippen molar-refractivity contribution in [3.63, 3.8) is 0 Å². The van der Waals surface area contributed by atoms with Crippen molar-refractivity contribution in [1.29, 1.82) is 0 Å². The fourth-order valence-electron chi connectivity index (χ4n) is 1.99. The van der Waals surface area contributed by atoms with E-state index < -0.39 is 0 Å². The Morgan fingerprint density at radius 2 is 2.21 bits per heavy atom. The lowest BCUT2D eigenvalue weighted by molar-refractivity contribution is -0.0289. The fourth-order valence-corrected chi connectivity index (χ4v) is 2.24. The van der Waals surface area contributed by atoms with E-state index in [4.69, 9.17) is 21.1 Å². The van der Waals surface area contributed by atoms with Crippen LogP contribution in [0.4, 0.5) is 4.79 Å². The molecule has 1 heterocycles. The third-order valence-corrected chi connectivity index (χ3v) is 3.25. The normalized spacial score (nSPS) is 19.2. The smallest absolute Gasteiger partial charge is 0.410 e. The topological polar surface area (TPSA) is 38.8 Å². The van der Waals surface area contributed by atoms with Gasteiger partial charge in [0.05, 0.1) is 19.3 Å². The van der Waals surface area contributed by atoms with Crippen LogP contribution < -0.4 is 0 Å². The van der Waals surface area contributed by atoms with Crippen LogP contribution in [-0.2, 0) is 16.1 Å². The second kappa shape index (κ2) is 7.36. The van der Waals surface area contributed by atoms with Gasteiger partial charge in [0.2, 0.25) is 0 Å². The van der Waals surface area contributed by atoms with Crippen LogP contribution >= 0.6 is 11.6 Å². The van der Waals surface area contributed by atoms with Gasteiger partial charge in [-0.25, -0.2) is 4.79 Å². The molecule has 1 aliphatic heterocycles. The average molecular weight is 284 g/mol. The van der Waals surface area contributed by atoms with Crippen LogP contribution in [0.3, 0.4) is 0 Å². The van der Waals surface area contributed by atoms with Crippen molar-refractivity contribution >= 4 is 17.7 Å². The second-order valence-electron chi connectivity index (χ2n) is 4.46. The summed E-state index contributed by atoms with van der Waals surface area (Å²) in [5.41, 5.74) is 0.987. The molecule has 104 valence electrons. The van der Waals surface area contributed by atoms with E-state index in [0.717, 1.165) is 12.0 Å². The van der Waals surface area contributed by atoms with E-state index in [1.807, 2.05) is 30.3 Å². The van der Waals surface area contributed by atoms with Crippen LogP contribution in [0.15, 0.2) is 30.3 Å². The number of halogens is 1. The number of rotatable bonds is 4. The van der Waals surface area contributed by atoms with Crippen molar-refractivity contribution in [1.82, 2.24) is 4.90 Å². The van der Waals surface area contributed by atoms with Crippen molar-refractivity contribution in [3.05, 3.63) is 35.9 Å². The van der Waals surface area contributed by atoms with E-state index in [0.29, 0.717) is 32.2 Å². The highest BCUT2D eigenvalue weighted by molar-refractivity contribution is 6.17. The lowest BCUT2D eigenvalue weighted by Gasteiger charge is -2.32. The summed E-state index contributed by atoms with van der Waals surface area (Å²) in [5.74, 6) is 0.539. The van der Waals surface area contributed by atoms with E-state index in [-0.39, 0.29) is 12.2 Å². The number of hydrogen-bond donors (Lipinski definition) is 0. The van der Waals surface area contributed by atoms with Gasteiger partial charge in [0.1, 0.15) is 6.61 Å². The number of morpholine rings is 1. The van der Waals surface area contributed by atoms with Crippen molar-refractivity contribution in [2.75, 3.05) is 25.6 Å². The Kier molecular flexibility index (Phi) is 5.48. The Balaban J connectivity index is 1.79. The molecule has 1 saturated heterocycles. The lowest BCUT2D eigenvalue weighted by atomic mass is 10.2. The molecule has 1 unspecified atom stereocenters. The molecule has 1 atom stereocenters. The average Bonchev–Trinajstić information content (AvgIpc) is 2.46. The van der Waals surface area contributed by atoms with Gasteiger partial charge >= 0.3 is 6.09 Å². The molecule has 1 aromatic carbocycles. The van der Waals surface area contributed by atoms with Crippen molar-refractivity contribution < 1.29 is 14.3 Å². The van der Waals surface area contributed by atoms with Crippen LogP contribution in [0.25, 0.3) is 0 Å². The quantitative estimate of drug-likeness (QED) is 0.798. The summed E-state index contributed by atoms with van der Waals surface area (Å²) in [5, 5.41) is 0. The number of amides is 1. The van der Waals surface area contributed by atoms with Crippen molar-refractivity contribution in [2.45, 2.75) is 19.1 Å². The second-order valence-corrected chi connectivity index (χ2v) is 4.83. The first kappa shape index (κ1) is 14.2. The Morgan fingerprint density at radius 3 is 2.95 bits per heavy atom. The van der Waals surface area contributed by atoms with E-state index in [1.54, 1.807) is 4.90 Å². The molecule has 2 rings (SSSR count). The van der Waals surface area contributed by atoms with Gasteiger partial charge in [-0.1, -0.05) is 30.3 Å². The third-order valence-electron chi connectivity index (χ3n) is 3.03. The van der Waals surface area contributed by atoms with E-state index in [2.05, 4.69) is 0 Å². The molecule has 1 aromatic rings. The molecule has 19 heavy (non-hydrogen) atoms. The Labute approximate surface area is 118 Å². The minimum atomic E-state index is -0.285. The van der Waals surface area contributed by atoms with E-state index in [9.17, 15) is 4.79 Å². The molecule has 0 saturated carbocycles. The van der Waals surface area contributed by atoms with Crippen LogP contribution in [0.5, 0.6) is 0 Å². The zero-order chi connectivity index (χ0) is 13.5. The molecular formula is C14H18ClNO3. The number of carbonyl (C=O) groups excluding carboxylic acids is 1. The summed E-state index contributed by atoms with van der Waals surface area (Å²) in [7, 11) is 0. The highest BCUT2D eigenvalue weighted by atomic mass is 35.5. The maximum absolute atomic E-state index is 11.9. The molecule has 1 fully saturated rings. The summed E-state index contributed by atoms with van der Waals surface area (Å²) in [6.07, 6.45) is 0.492. The van der Waals surface area contributed by atoms with E-state index >= 15 is 0 Å². The molecule has 1 amide bonds. The first-order valence-electron chi connectivity index (χ1n) is 6.43. The van der Waals surface area contributed by atoms with Gasteiger partial charge in [0, 0.05) is 12.4 Å². The van der Waals surface area contributed by atoms with Crippen LogP contribution in [0.1, 0.15) is 12.0 Å². The number of ether oxygens (including phenoxy) is 2. The molecule has 1 aliphatic rings. The Hall–Kier alpha value is -1.26. The number of alkyl halides is 1.